The average molecular weight is 216 g/mol. The van der Waals surface area contributed by atoms with Crippen LogP contribution in [0.1, 0.15) is 11.1 Å². The molecule has 0 bridgehead atoms. The van der Waals surface area contributed by atoms with E-state index < -0.39 is 5.97 Å². The van der Waals surface area contributed by atoms with Crippen molar-refractivity contribution in [1.82, 2.24) is 5.32 Å². The van der Waals surface area contributed by atoms with E-state index in [1.54, 1.807) is 18.2 Å². The molecule has 0 saturated heterocycles. The molecule has 0 amide bonds. The SMILES string of the molecule is C=C(CNCC(=O)O)c1cccc(C#N)c1. The number of benzene rings is 1. The van der Waals surface area contributed by atoms with Crippen LogP contribution in [0.25, 0.3) is 5.57 Å². The van der Waals surface area contributed by atoms with Gasteiger partial charge in [0, 0.05) is 6.54 Å². The second-order valence-corrected chi connectivity index (χ2v) is 3.29. The summed E-state index contributed by atoms with van der Waals surface area (Å²) >= 11 is 0. The minimum atomic E-state index is -0.904. The first kappa shape index (κ1) is 12.0. The number of rotatable bonds is 5. The monoisotopic (exact) mass is 216 g/mol. The molecule has 0 unspecified atom stereocenters. The summed E-state index contributed by atoms with van der Waals surface area (Å²) in [5.41, 5.74) is 2.17. The largest absolute Gasteiger partial charge is 0.480 e. The Morgan fingerprint density at radius 3 is 2.88 bits per heavy atom. The van der Waals surface area contributed by atoms with Crippen molar-refractivity contribution < 1.29 is 9.90 Å². The number of nitrogens with zero attached hydrogens (tertiary/aromatic N) is 1. The molecule has 0 saturated carbocycles. The standard InChI is InChI=1S/C12H12N2O2/c1-9(7-14-8-12(15)16)11-4-2-3-10(5-11)6-13/h2-5,14H,1,7-8H2,(H,15,16). The first-order valence-electron chi connectivity index (χ1n) is 4.74. The van der Waals surface area contributed by atoms with E-state index in [1.165, 1.54) is 0 Å². The third-order valence-electron chi connectivity index (χ3n) is 2.01. The van der Waals surface area contributed by atoms with Crippen LogP contribution in [0.5, 0.6) is 0 Å². The van der Waals surface area contributed by atoms with E-state index in [0.29, 0.717) is 12.1 Å². The predicted molar refractivity (Wildman–Crippen MR) is 60.7 cm³/mol. The predicted octanol–water partition coefficient (Wildman–Crippen LogP) is 1.25. The zero-order chi connectivity index (χ0) is 12.0. The van der Waals surface area contributed by atoms with Crippen LogP contribution in [-0.4, -0.2) is 24.2 Å². The molecule has 0 aromatic heterocycles. The third-order valence-corrected chi connectivity index (χ3v) is 2.01. The van der Waals surface area contributed by atoms with E-state index >= 15 is 0 Å². The Kier molecular flexibility index (Phi) is 4.25. The number of nitrogens with one attached hydrogen (secondary N) is 1. The first-order valence-corrected chi connectivity index (χ1v) is 4.74. The molecule has 1 rings (SSSR count). The summed E-state index contributed by atoms with van der Waals surface area (Å²) in [5, 5.41) is 19.9. The van der Waals surface area contributed by atoms with Gasteiger partial charge in [-0.3, -0.25) is 4.79 Å². The average Bonchev–Trinajstić information content (AvgIpc) is 2.28. The van der Waals surface area contributed by atoms with Gasteiger partial charge in [0.2, 0.25) is 0 Å². The molecule has 0 heterocycles. The summed E-state index contributed by atoms with van der Waals surface area (Å²) in [4.78, 5) is 10.3. The molecule has 0 radical (unpaired) electrons. The fourth-order valence-corrected chi connectivity index (χ4v) is 1.23. The molecule has 0 atom stereocenters. The van der Waals surface area contributed by atoms with Gasteiger partial charge in [-0.05, 0) is 23.3 Å². The number of hydrogen-bond acceptors (Lipinski definition) is 3. The lowest BCUT2D eigenvalue weighted by atomic mass is 10.1. The Bertz CT molecular complexity index is 447. The van der Waals surface area contributed by atoms with Crippen LogP contribution in [0.2, 0.25) is 0 Å². The van der Waals surface area contributed by atoms with Crippen LogP contribution < -0.4 is 5.32 Å². The highest BCUT2D eigenvalue weighted by Gasteiger charge is 2.01. The van der Waals surface area contributed by atoms with E-state index in [1.807, 2.05) is 12.1 Å². The fourth-order valence-electron chi connectivity index (χ4n) is 1.23. The van der Waals surface area contributed by atoms with E-state index in [4.69, 9.17) is 10.4 Å². The summed E-state index contributed by atoms with van der Waals surface area (Å²) in [6.45, 7) is 4.12. The van der Waals surface area contributed by atoms with Gasteiger partial charge in [0.15, 0.2) is 0 Å². The molecule has 0 spiro atoms. The van der Waals surface area contributed by atoms with Crippen LogP contribution in [0.3, 0.4) is 0 Å². The van der Waals surface area contributed by atoms with E-state index in [-0.39, 0.29) is 6.54 Å². The van der Waals surface area contributed by atoms with Gasteiger partial charge >= 0.3 is 5.97 Å². The number of hydrogen-bond donors (Lipinski definition) is 2. The number of carbonyl (C=O) groups is 1. The molecule has 0 aliphatic heterocycles. The topological polar surface area (TPSA) is 73.1 Å². The Morgan fingerprint density at radius 2 is 2.25 bits per heavy atom. The van der Waals surface area contributed by atoms with Crippen molar-refractivity contribution in [2.75, 3.05) is 13.1 Å². The van der Waals surface area contributed by atoms with Gasteiger partial charge in [-0.1, -0.05) is 18.7 Å². The zero-order valence-electron chi connectivity index (χ0n) is 8.73. The smallest absolute Gasteiger partial charge is 0.317 e. The minimum absolute atomic E-state index is 0.100. The number of aliphatic carboxylic acids is 1. The molecule has 2 N–H and O–H groups in total. The zero-order valence-corrected chi connectivity index (χ0v) is 8.73. The fraction of sp³-hybridized carbons (Fsp3) is 0.167. The van der Waals surface area contributed by atoms with Gasteiger partial charge in [0.1, 0.15) is 0 Å². The van der Waals surface area contributed by atoms with Crippen LogP contribution in [-0.2, 0) is 4.79 Å². The number of nitriles is 1. The Labute approximate surface area is 93.8 Å². The van der Waals surface area contributed by atoms with Crippen LogP contribution in [0.4, 0.5) is 0 Å². The maximum atomic E-state index is 10.3. The lowest BCUT2D eigenvalue weighted by Gasteiger charge is -2.06. The summed E-state index contributed by atoms with van der Waals surface area (Å²) in [6.07, 6.45) is 0. The molecule has 1 aromatic carbocycles. The van der Waals surface area contributed by atoms with Gasteiger partial charge in [-0.15, -0.1) is 0 Å². The van der Waals surface area contributed by atoms with Gasteiger partial charge in [-0.25, -0.2) is 0 Å². The summed E-state index contributed by atoms with van der Waals surface area (Å²) in [7, 11) is 0. The van der Waals surface area contributed by atoms with Crippen molar-refractivity contribution in [3.05, 3.63) is 42.0 Å². The first-order chi connectivity index (χ1) is 7.63. The molecule has 1 aromatic rings. The Morgan fingerprint density at radius 1 is 1.50 bits per heavy atom. The molecule has 0 aliphatic carbocycles. The van der Waals surface area contributed by atoms with E-state index in [2.05, 4.69) is 11.9 Å². The quantitative estimate of drug-likeness (QED) is 0.776. The van der Waals surface area contributed by atoms with Crippen molar-refractivity contribution >= 4 is 11.5 Å². The van der Waals surface area contributed by atoms with Crippen molar-refractivity contribution in [2.24, 2.45) is 0 Å². The van der Waals surface area contributed by atoms with Gasteiger partial charge in [-0.2, -0.15) is 5.26 Å². The molecule has 16 heavy (non-hydrogen) atoms. The Balaban J connectivity index is 2.59. The maximum Gasteiger partial charge on any atom is 0.317 e. The molecular formula is C12H12N2O2. The second kappa shape index (κ2) is 5.69. The van der Waals surface area contributed by atoms with Crippen molar-refractivity contribution in [2.45, 2.75) is 0 Å². The van der Waals surface area contributed by atoms with Crippen molar-refractivity contribution in [3.63, 3.8) is 0 Å². The number of carboxylic acid groups (broad SMARTS) is 1. The summed E-state index contributed by atoms with van der Waals surface area (Å²) in [5.74, 6) is -0.904. The normalized spacial score (nSPS) is 9.44. The highest BCUT2D eigenvalue weighted by molar-refractivity contribution is 5.70. The summed E-state index contributed by atoms with van der Waals surface area (Å²) in [6, 6.07) is 9.09. The highest BCUT2D eigenvalue weighted by atomic mass is 16.4. The molecule has 4 nitrogen and oxygen atoms in total. The minimum Gasteiger partial charge on any atom is -0.480 e. The molecular weight excluding hydrogens is 204 g/mol. The molecule has 0 aliphatic rings. The van der Waals surface area contributed by atoms with Gasteiger partial charge in [0.05, 0.1) is 18.2 Å². The lowest BCUT2D eigenvalue weighted by Crippen LogP contribution is -2.23. The highest BCUT2D eigenvalue weighted by Crippen LogP contribution is 2.12. The molecule has 0 fully saturated rings. The maximum absolute atomic E-state index is 10.3. The summed E-state index contributed by atoms with van der Waals surface area (Å²) < 4.78 is 0. The molecule has 82 valence electrons. The van der Waals surface area contributed by atoms with Crippen molar-refractivity contribution in [3.8, 4) is 6.07 Å². The van der Waals surface area contributed by atoms with Gasteiger partial charge in [0.25, 0.3) is 0 Å². The van der Waals surface area contributed by atoms with E-state index in [0.717, 1.165) is 11.1 Å². The van der Waals surface area contributed by atoms with Crippen LogP contribution >= 0.6 is 0 Å². The number of carboxylic acids is 1. The van der Waals surface area contributed by atoms with Crippen molar-refractivity contribution in [1.29, 1.82) is 5.26 Å². The molecule has 4 heteroatoms. The Hall–Kier alpha value is -2.12. The van der Waals surface area contributed by atoms with Crippen LogP contribution in [0, 0.1) is 11.3 Å². The third kappa shape index (κ3) is 3.56. The van der Waals surface area contributed by atoms with E-state index in [9.17, 15) is 4.79 Å². The van der Waals surface area contributed by atoms with Crippen LogP contribution in [0.15, 0.2) is 30.8 Å². The lowest BCUT2D eigenvalue weighted by molar-refractivity contribution is -0.135. The second-order valence-electron chi connectivity index (χ2n) is 3.29. The van der Waals surface area contributed by atoms with Gasteiger partial charge < -0.3 is 10.4 Å².